The predicted octanol–water partition coefficient (Wildman–Crippen LogP) is 6.06. The highest BCUT2D eigenvalue weighted by atomic mass is 32.1. The third kappa shape index (κ3) is 4.75. The largest absolute Gasteiger partial charge is 0.494 e. The fourth-order valence-corrected chi connectivity index (χ4v) is 4.18. The number of nitrogens with one attached hydrogen (secondary N) is 1. The smallest absolute Gasteiger partial charge is 0.230 e. The van der Waals surface area contributed by atoms with Gasteiger partial charge in [-0.15, -0.1) is 0 Å². The van der Waals surface area contributed by atoms with Gasteiger partial charge in [0.05, 0.1) is 23.6 Å². The molecule has 0 spiro atoms. The summed E-state index contributed by atoms with van der Waals surface area (Å²) < 4.78 is 5.45. The number of aromatic nitrogens is 1. The van der Waals surface area contributed by atoms with Gasteiger partial charge in [-0.25, -0.2) is 4.98 Å². The second kappa shape index (κ2) is 9.37. The summed E-state index contributed by atoms with van der Waals surface area (Å²) in [4.78, 5) is 18.4. The van der Waals surface area contributed by atoms with E-state index in [1.54, 1.807) is 0 Å². The number of carbonyl (C=O) groups is 1. The maximum Gasteiger partial charge on any atom is 0.230 e. The van der Waals surface area contributed by atoms with Crippen molar-refractivity contribution < 1.29 is 9.53 Å². The molecule has 4 nitrogen and oxygen atoms in total. The zero-order valence-electron chi connectivity index (χ0n) is 16.7. The monoisotopic (exact) mass is 414 g/mol. The van der Waals surface area contributed by atoms with Crippen LogP contribution in [0.4, 0.5) is 5.13 Å². The van der Waals surface area contributed by atoms with E-state index in [1.807, 2.05) is 79.7 Å². The molecule has 30 heavy (non-hydrogen) atoms. The summed E-state index contributed by atoms with van der Waals surface area (Å²) in [5, 5.41) is 3.57. The molecular weight excluding hydrogens is 392 g/mol. The summed E-state index contributed by atoms with van der Waals surface area (Å²) in [5.41, 5.74) is 3.92. The van der Waals surface area contributed by atoms with Crippen molar-refractivity contribution in [3.63, 3.8) is 0 Å². The van der Waals surface area contributed by atoms with E-state index in [2.05, 4.69) is 17.4 Å². The lowest BCUT2D eigenvalue weighted by Crippen LogP contribution is -2.14. The Kier molecular flexibility index (Phi) is 6.20. The standard InChI is InChI=1S/C25H22N2O2S/c1-2-29-21-15-13-18(14-16-21)17-22(28)26-25-27-23(19-9-5-3-6-10-19)24(30-25)20-11-7-4-8-12-20/h3-16H,2,17H2,1H3,(H,26,27,28). The molecule has 5 heteroatoms. The number of hydrogen-bond donors (Lipinski definition) is 1. The van der Waals surface area contributed by atoms with Crippen LogP contribution < -0.4 is 10.1 Å². The van der Waals surface area contributed by atoms with Gasteiger partial charge < -0.3 is 10.1 Å². The first kappa shape index (κ1) is 19.9. The van der Waals surface area contributed by atoms with Crippen LogP contribution in [0.25, 0.3) is 21.7 Å². The van der Waals surface area contributed by atoms with Gasteiger partial charge in [-0.3, -0.25) is 4.79 Å². The van der Waals surface area contributed by atoms with E-state index in [0.29, 0.717) is 11.7 Å². The summed E-state index contributed by atoms with van der Waals surface area (Å²) in [6.45, 7) is 2.57. The highest BCUT2D eigenvalue weighted by Gasteiger charge is 2.16. The van der Waals surface area contributed by atoms with Crippen LogP contribution in [0.5, 0.6) is 5.75 Å². The molecule has 1 heterocycles. The first-order chi connectivity index (χ1) is 14.7. The normalized spacial score (nSPS) is 10.6. The minimum atomic E-state index is -0.0906. The maximum atomic E-state index is 12.6. The SMILES string of the molecule is CCOc1ccc(CC(=O)Nc2nc(-c3ccccc3)c(-c3ccccc3)s2)cc1. The Morgan fingerprint density at radius 1 is 0.900 bits per heavy atom. The quantitative estimate of drug-likeness (QED) is 0.400. The van der Waals surface area contributed by atoms with Gasteiger partial charge in [0, 0.05) is 5.56 Å². The second-order valence-corrected chi connectivity index (χ2v) is 7.73. The third-order valence-electron chi connectivity index (χ3n) is 4.56. The average molecular weight is 415 g/mol. The molecule has 4 aromatic rings. The lowest BCUT2D eigenvalue weighted by Gasteiger charge is -2.05. The molecule has 150 valence electrons. The van der Waals surface area contributed by atoms with E-state index in [0.717, 1.165) is 33.0 Å². The Bertz CT molecular complexity index is 1050. The minimum Gasteiger partial charge on any atom is -0.494 e. The molecule has 0 aliphatic heterocycles. The Morgan fingerprint density at radius 2 is 1.53 bits per heavy atom. The molecule has 0 aliphatic carbocycles. The number of thiazole rings is 1. The van der Waals surface area contributed by atoms with Crippen LogP contribution >= 0.6 is 11.3 Å². The number of amides is 1. The third-order valence-corrected chi connectivity index (χ3v) is 5.58. The van der Waals surface area contributed by atoms with Gasteiger partial charge in [0.1, 0.15) is 5.75 Å². The Morgan fingerprint density at radius 3 is 2.17 bits per heavy atom. The van der Waals surface area contributed by atoms with Crippen LogP contribution in [0.2, 0.25) is 0 Å². The Labute approximate surface area is 180 Å². The molecule has 0 atom stereocenters. The molecule has 0 unspecified atom stereocenters. The van der Waals surface area contributed by atoms with Crippen molar-refractivity contribution in [1.82, 2.24) is 4.98 Å². The van der Waals surface area contributed by atoms with Crippen LogP contribution in [0.15, 0.2) is 84.9 Å². The first-order valence-corrected chi connectivity index (χ1v) is 10.7. The average Bonchev–Trinajstić information content (AvgIpc) is 3.20. The molecule has 4 rings (SSSR count). The molecule has 0 radical (unpaired) electrons. The second-order valence-electron chi connectivity index (χ2n) is 6.73. The van der Waals surface area contributed by atoms with Crippen LogP contribution in [0, 0.1) is 0 Å². The number of hydrogen-bond acceptors (Lipinski definition) is 4. The number of nitrogens with zero attached hydrogens (tertiary/aromatic N) is 1. The number of ether oxygens (including phenoxy) is 1. The first-order valence-electron chi connectivity index (χ1n) is 9.86. The van der Waals surface area contributed by atoms with E-state index in [1.165, 1.54) is 11.3 Å². The molecule has 1 aromatic heterocycles. The fourth-order valence-electron chi connectivity index (χ4n) is 3.17. The van der Waals surface area contributed by atoms with E-state index in [-0.39, 0.29) is 12.3 Å². The molecule has 0 fully saturated rings. The summed E-state index contributed by atoms with van der Waals surface area (Å²) in [5.74, 6) is 0.716. The van der Waals surface area contributed by atoms with Crippen LogP contribution in [-0.2, 0) is 11.2 Å². The van der Waals surface area contributed by atoms with Crippen molar-refractivity contribution in [2.75, 3.05) is 11.9 Å². The highest BCUT2D eigenvalue weighted by molar-refractivity contribution is 7.19. The number of anilines is 1. The molecular formula is C25H22N2O2S. The van der Waals surface area contributed by atoms with Gasteiger partial charge in [0.2, 0.25) is 5.91 Å². The van der Waals surface area contributed by atoms with E-state index < -0.39 is 0 Å². The Balaban J connectivity index is 1.55. The van der Waals surface area contributed by atoms with Gasteiger partial charge in [0.25, 0.3) is 0 Å². The molecule has 1 amide bonds. The number of rotatable bonds is 7. The van der Waals surface area contributed by atoms with Crippen molar-refractivity contribution in [1.29, 1.82) is 0 Å². The van der Waals surface area contributed by atoms with Crippen LogP contribution in [0.3, 0.4) is 0 Å². The van der Waals surface area contributed by atoms with Gasteiger partial charge in [-0.05, 0) is 30.2 Å². The van der Waals surface area contributed by atoms with E-state index in [9.17, 15) is 4.79 Å². The fraction of sp³-hybridized carbons (Fsp3) is 0.120. The molecule has 1 N–H and O–H groups in total. The molecule has 0 saturated heterocycles. The van der Waals surface area contributed by atoms with Crippen molar-refractivity contribution >= 4 is 22.4 Å². The lowest BCUT2D eigenvalue weighted by molar-refractivity contribution is -0.115. The van der Waals surface area contributed by atoms with Gasteiger partial charge >= 0.3 is 0 Å². The maximum absolute atomic E-state index is 12.6. The van der Waals surface area contributed by atoms with Crippen molar-refractivity contribution in [2.45, 2.75) is 13.3 Å². The zero-order valence-corrected chi connectivity index (χ0v) is 17.5. The van der Waals surface area contributed by atoms with Crippen molar-refractivity contribution in [3.8, 4) is 27.4 Å². The van der Waals surface area contributed by atoms with Gasteiger partial charge in [-0.1, -0.05) is 84.1 Å². The topological polar surface area (TPSA) is 51.2 Å². The van der Waals surface area contributed by atoms with Crippen LogP contribution in [0.1, 0.15) is 12.5 Å². The molecule has 0 bridgehead atoms. The number of benzene rings is 3. The summed E-state index contributed by atoms with van der Waals surface area (Å²) in [7, 11) is 0. The summed E-state index contributed by atoms with van der Waals surface area (Å²) in [6, 6.07) is 27.8. The zero-order chi connectivity index (χ0) is 20.8. The minimum absolute atomic E-state index is 0.0906. The molecule has 0 aliphatic rings. The van der Waals surface area contributed by atoms with Crippen molar-refractivity contribution in [2.24, 2.45) is 0 Å². The number of carbonyl (C=O) groups excluding carboxylic acids is 1. The van der Waals surface area contributed by atoms with E-state index >= 15 is 0 Å². The Hall–Kier alpha value is -3.44. The van der Waals surface area contributed by atoms with Crippen LogP contribution in [-0.4, -0.2) is 17.5 Å². The molecule has 0 saturated carbocycles. The molecule has 3 aromatic carbocycles. The van der Waals surface area contributed by atoms with E-state index in [4.69, 9.17) is 9.72 Å². The predicted molar refractivity (Wildman–Crippen MR) is 123 cm³/mol. The van der Waals surface area contributed by atoms with Gasteiger partial charge in [-0.2, -0.15) is 0 Å². The summed E-state index contributed by atoms with van der Waals surface area (Å²) in [6.07, 6.45) is 0.285. The lowest BCUT2D eigenvalue weighted by atomic mass is 10.1. The van der Waals surface area contributed by atoms with Crippen molar-refractivity contribution in [3.05, 3.63) is 90.5 Å². The highest BCUT2D eigenvalue weighted by Crippen LogP contribution is 2.38. The van der Waals surface area contributed by atoms with Gasteiger partial charge in [0.15, 0.2) is 5.13 Å². The summed E-state index contributed by atoms with van der Waals surface area (Å²) >= 11 is 1.49.